The maximum absolute atomic E-state index is 11.2. The summed E-state index contributed by atoms with van der Waals surface area (Å²) in [5.74, 6) is -0.591. The van der Waals surface area contributed by atoms with Crippen LogP contribution in [0.4, 0.5) is 0 Å². The zero-order valence-electron chi connectivity index (χ0n) is 8.62. The van der Waals surface area contributed by atoms with Gasteiger partial charge in [0.2, 0.25) is 0 Å². The predicted molar refractivity (Wildman–Crippen MR) is 54.7 cm³/mol. The van der Waals surface area contributed by atoms with Gasteiger partial charge in [-0.1, -0.05) is 0 Å². The SMILES string of the molecule is CC=NC12CCC(C(=O)O)(CC1)CC2. The van der Waals surface area contributed by atoms with Crippen LogP contribution in [0.15, 0.2) is 4.99 Å². The number of fused-ring (bicyclic) bond motifs is 3. The van der Waals surface area contributed by atoms with Crippen molar-refractivity contribution >= 4 is 12.2 Å². The van der Waals surface area contributed by atoms with Gasteiger partial charge in [-0.2, -0.15) is 0 Å². The summed E-state index contributed by atoms with van der Waals surface area (Å²) in [5.41, 5.74) is -0.295. The summed E-state index contributed by atoms with van der Waals surface area (Å²) in [7, 11) is 0. The summed E-state index contributed by atoms with van der Waals surface area (Å²) in [4.78, 5) is 15.7. The number of carbonyl (C=O) groups is 1. The second-order valence-electron chi connectivity index (χ2n) is 4.70. The first-order chi connectivity index (χ1) is 6.63. The molecule has 14 heavy (non-hydrogen) atoms. The third-order valence-corrected chi connectivity index (χ3v) is 4.06. The van der Waals surface area contributed by atoms with E-state index in [0.717, 1.165) is 38.5 Å². The van der Waals surface area contributed by atoms with Crippen LogP contribution in [0.2, 0.25) is 0 Å². The van der Waals surface area contributed by atoms with Gasteiger partial charge in [0.1, 0.15) is 0 Å². The lowest BCUT2D eigenvalue weighted by atomic mass is 9.57. The van der Waals surface area contributed by atoms with Crippen molar-refractivity contribution in [3.8, 4) is 0 Å². The molecular formula is C11H17NO2. The van der Waals surface area contributed by atoms with Crippen LogP contribution >= 0.6 is 0 Å². The monoisotopic (exact) mass is 195 g/mol. The van der Waals surface area contributed by atoms with E-state index in [2.05, 4.69) is 4.99 Å². The zero-order valence-corrected chi connectivity index (χ0v) is 8.62. The first kappa shape index (κ1) is 9.69. The number of aliphatic imine (C=N–C) groups is 1. The molecule has 3 aliphatic carbocycles. The van der Waals surface area contributed by atoms with E-state index >= 15 is 0 Å². The van der Waals surface area contributed by atoms with Crippen LogP contribution in [-0.2, 0) is 4.79 Å². The van der Waals surface area contributed by atoms with Gasteiger partial charge in [-0.25, -0.2) is 0 Å². The van der Waals surface area contributed by atoms with Gasteiger partial charge in [0, 0.05) is 0 Å². The van der Waals surface area contributed by atoms with Crippen LogP contribution in [0.1, 0.15) is 45.4 Å². The smallest absolute Gasteiger partial charge is 0.309 e. The van der Waals surface area contributed by atoms with Gasteiger partial charge in [0.15, 0.2) is 0 Å². The van der Waals surface area contributed by atoms with Crippen molar-refractivity contribution in [1.82, 2.24) is 0 Å². The Bertz CT molecular complexity index is 258. The summed E-state index contributed by atoms with van der Waals surface area (Å²) in [5, 5.41) is 9.19. The fourth-order valence-electron chi connectivity index (χ4n) is 2.95. The lowest BCUT2D eigenvalue weighted by molar-refractivity contribution is -0.155. The van der Waals surface area contributed by atoms with E-state index < -0.39 is 11.4 Å². The number of aliphatic carboxylic acids is 1. The topological polar surface area (TPSA) is 49.7 Å². The molecule has 0 aromatic heterocycles. The molecule has 0 atom stereocenters. The van der Waals surface area contributed by atoms with E-state index in [4.69, 9.17) is 0 Å². The summed E-state index contributed by atoms with van der Waals surface area (Å²) in [6.45, 7) is 1.95. The van der Waals surface area contributed by atoms with Crippen LogP contribution in [0.5, 0.6) is 0 Å². The van der Waals surface area contributed by atoms with E-state index in [9.17, 15) is 9.90 Å². The molecule has 3 aliphatic rings. The van der Waals surface area contributed by atoms with E-state index in [1.807, 2.05) is 13.1 Å². The second-order valence-corrected chi connectivity index (χ2v) is 4.70. The normalized spacial score (nSPS) is 41.8. The van der Waals surface area contributed by atoms with E-state index in [-0.39, 0.29) is 5.54 Å². The van der Waals surface area contributed by atoms with Gasteiger partial charge in [-0.15, -0.1) is 0 Å². The molecule has 1 N–H and O–H groups in total. The fraction of sp³-hybridized carbons (Fsp3) is 0.818. The first-order valence-corrected chi connectivity index (χ1v) is 5.36. The van der Waals surface area contributed by atoms with Crippen molar-refractivity contribution < 1.29 is 9.90 Å². The predicted octanol–water partition coefficient (Wildman–Crippen LogP) is 2.25. The summed E-state index contributed by atoms with van der Waals surface area (Å²) in [6.07, 6.45) is 7.22. The molecule has 3 saturated carbocycles. The fourth-order valence-corrected chi connectivity index (χ4v) is 2.95. The Hall–Kier alpha value is -0.860. The molecule has 0 radical (unpaired) electrons. The second kappa shape index (κ2) is 3.07. The highest BCUT2D eigenvalue weighted by Crippen LogP contribution is 2.53. The summed E-state index contributed by atoms with van der Waals surface area (Å²) >= 11 is 0. The summed E-state index contributed by atoms with van der Waals surface area (Å²) in [6, 6.07) is 0. The molecule has 3 nitrogen and oxygen atoms in total. The van der Waals surface area contributed by atoms with Gasteiger partial charge in [-0.05, 0) is 51.7 Å². The minimum atomic E-state index is -0.591. The Morgan fingerprint density at radius 2 is 1.71 bits per heavy atom. The highest BCUT2D eigenvalue weighted by molar-refractivity contribution is 5.75. The highest BCUT2D eigenvalue weighted by Gasteiger charge is 2.52. The molecule has 2 bridgehead atoms. The number of hydrogen-bond acceptors (Lipinski definition) is 2. The van der Waals surface area contributed by atoms with Gasteiger partial charge in [-0.3, -0.25) is 9.79 Å². The number of carboxylic acid groups (broad SMARTS) is 1. The van der Waals surface area contributed by atoms with Gasteiger partial charge in [0.05, 0.1) is 11.0 Å². The van der Waals surface area contributed by atoms with Crippen molar-refractivity contribution in [2.24, 2.45) is 10.4 Å². The molecule has 3 rings (SSSR count). The molecule has 78 valence electrons. The highest BCUT2D eigenvalue weighted by atomic mass is 16.4. The Labute approximate surface area is 84.2 Å². The molecule has 0 aromatic carbocycles. The largest absolute Gasteiger partial charge is 0.481 e. The van der Waals surface area contributed by atoms with E-state index in [1.165, 1.54) is 0 Å². The molecule has 3 heteroatoms. The standard InChI is InChI=1S/C11H17NO2/c1-2-12-11-6-3-10(4-7-11,5-8-11)9(13)14/h2H,3-8H2,1H3,(H,13,14). The molecule has 0 saturated heterocycles. The first-order valence-electron chi connectivity index (χ1n) is 5.36. The van der Waals surface area contributed by atoms with Gasteiger partial charge < -0.3 is 5.11 Å². The van der Waals surface area contributed by atoms with Crippen LogP contribution in [-0.4, -0.2) is 22.8 Å². The maximum Gasteiger partial charge on any atom is 0.309 e. The van der Waals surface area contributed by atoms with E-state index in [0.29, 0.717) is 0 Å². The molecule has 0 aromatic rings. The zero-order chi connectivity index (χ0) is 10.2. The van der Waals surface area contributed by atoms with Crippen LogP contribution in [0.25, 0.3) is 0 Å². The molecule has 0 aliphatic heterocycles. The third-order valence-electron chi connectivity index (χ3n) is 4.06. The average molecular weight is 195 g/mol. The quantitative estimate of drug-likeness (QED) is 0.687. The van der Waals surface area contributed by atoms with Crippen molar-refractivity contribution in [3.05, 3.63) is 0 Å². The van der Waals surface area contributed by atoms with Crippen molar-refractivity contribution in [2.45, 2.75) is 51.0 Å². The van der Waals surface area contributed by atoms with Crippen molar-refractivity contribution in [3.63, 3.8) is 0 Å². The maximum atomic E-state index is 11.2. The Morgan fingerprint density at radius 1 is 1.21 bits per heavy atom. The summed E-state index contributed by atoms with van der Waals surface area (Å²) < 4.78 is 0. The molecule has 3 fully saturated rings. The van der Waals surface area contributed by atoms with Crippen molar-refractivity contribution in [2.75, 3.05) is 0 Å². The van der Waals surface area contributed by atoms with Crippen LogP contribution in [0, 0.1) is 5.41 Å². The molecular weight excluding hydrogens is 178 g/mol. The Morgan fingerprint density at radius 3 is 2.07 bits per heavy atom. The van der Waals surface area contributed by atoms with Gasteiger partial charge in [0.25, 0.3) is 0 Å². The average Bonchev–Trinajstić information content (AvgIpc) is 2.20. The number of carboxylic acids is 1. The van der Waals surface area contributed by atoms with Crippen molar-refractivity contribution in [1.29, 1.82) is 0 Å². The third kappa shape index (κ3) is 1.26. The number of hydrogen-bond donors (Lipinski definition) is 1. The Balaban J connectivity index is 2.16. The lowest BCUT2D eigenvalue weighted by Gasteiger charge is -2.49. The minimum Gasteiger partial charge on any atom is -0.481 e. The van der Waals surface area contributed by atoms with Crippen LogP contribution in [0.3, 0.4) is 0 Å². The van der Waals surface area contributed by atoms with E-state index in [1.54, 1.807) is 0 Å². The molecule has 0 unspecified atom stereocenters. The van der Waals surface area contributed by atoms with Crippen LogP contribution < -0.4 is 0 Å². The molecule has 0 amide bonds. The Kier molecular flexibility index (Phi) is 2.13. The minimum absolute atomic E-state index is 0.103. The van der Waals surface area contributed by atoms with Gasteiger partial charge >= 0.3 is 5.97 Å². The molecule has 0 heterocycles. The number of nitrogens with zero attached hydrogens (tertiary/aromatic N) is 1. The number of rotatable bonds is 2. The lowest BCUT2D eigenvalue weighted by Crippen LogP contribution is -2.48. The molecule has 0 spiro atoms.